The van der Waals surface area contributed by atoms with Gasteiger partial charge in [0.25, 0.3) is 0 Å². The van der Waals surface area contributed by atoms with E-state index in [1.165, 1.54) is 11.8 Å². The molecule has 0 saturated carbocycles. The fraction of sp³-hybridized carbons (Fsp3) is 0.111. The molecule has 6 rings (SSSR count). The Balaban J connectivity index is 1.33. The lowest BCUT2D eigenvalue weighted by atomic mass is 10.1. The largest absolute Gasteiger partial charge is 0.360 e. The molecule has 3 aromatic carbocycles. The Bertz CT molecular complexity index is 1830. The van der Waals surface area contributed by atoms with Gasteiger partial charge in [0.15, 0.2) is 11.0 Å². The number of para-hydroxylation sites is 1. The van der Waals surface area contributed by atoms with Crippen molar-refractivity contribution in [3.63, 3.8) is 0 Å². The zero-order valence-corrected chi connectivity index (χ0v) is 20.9. The van der Waals surface area contributed by atoms with E-state index in [9.17, 15) is 9.59 Å². The molecule has 0 radical (unpaired) electrons. The van der Waals surface area contributed by atoms with Crippen molar-refractivity contribution in [2.75, 3.05) is 5.32 Å². The number of thioether (sulfide) groups is 1. The summed E-state index contributed by atoms with van der Waals surface area (Å²) in [4.78, 5) is 33.4. The molecule has 0 aliphatic rings. The number of aryl methyl sites for hydroxylation is 1. The van der Waals surface area contributed by atoms with Crippen LogP contribution in [0.3, 0.4) is 0 Å². The van der Waals surface area contributed by atoms with Crippen LogP contribution >= 0.6 is 11.8 Å². The summed E-state index contributed by atoms with van der Waals surface area (Å²) < 4.78 is 1.99. The van der Waals surface area contributed by atoms with E-state index >= 15 is 0 Å². The van der Waals surface area contributed by atoms with Crippen LogP contribution in [-0.4, -0.2) is 40.9 Å². The highest BCUT2D eigenvalue weighted by Crippen LogP contribution is 2.34. The standard InChI is InChI=1S/C27H23N7O2S/c1-15-6-5-7-18(12-15)34-24(20-14-28-21-9-4-3-8-19(20)21)32-33-27(34)37-16(2)25(35)29-17-10-11-22-23(13-17)31-26(36)30-22/h3-14,16,28H,1-2H3,(H,29,35)(H2,30,31,36)/t16-/m1/s1. The molecule has 0 saturated heterocycles. The fourth-order valence-corrected chi connectivity index (χ4v) is 5.21. The molecule has 4 N–H and O–H groups in total. The SMILES string of the molecule is Cc1cccc(-n2c(S[C@H](C)C(=O)Nc3ccc4[nH]c(=O)[nH]c4c3)nnc2-c2c[nH]c3ccccc23)c1. The lowest BCUT2D eigenvalue weighted by Gasteiger charge is -2.14. The van der Waals surface area contributed by atoms with Gasteiger partial charge < -0.3 is 20.3 Å². The first-order valence-corrected chi connectivity index (χ1v) is 12.6. The average Bonchev–Trinajstić information content (AvgIpc) is 3.59. The highest BCUT2D eigenvalue weighted by atomic mass is 32.2. The van der Waals surface area contributed by atoms with Crippen molar-refractivity contribution in [3.05, 3.63) is 89.0 Å². The molecule has 0 fully saturated rings. The summed E-state index contributed by atoms with van der Waals surface area (Å²) in [6.07, 6.45) is 1.94. The van der Waals surface area contributed by atoms with Crippen molar-refractivity contribution in [2.45, 2.75) is 24.3 Å². The number of hydrogen-bond acceptors (Lipinski definition) is 5. The van der Waals surface area contributed by atoms with Gasteiger partial charge in [0.2, 0.25) is 5.91 Å². The number of fused-ring (bicyclic) bond motifs is 2. The second kappa shape index (κ2) is 9.14. The van der Waals surface area contributed by atoms with Crippen molar-refractivity contribution in [1.29, 1.82) is 0 Å². The van der Waals surface area contributed by atoms with Gasteiger partial charge in [-0.05, 0) is 55.8 Å². The number of aromatic amines is 3. The van der Waals surface area contributed by atoms with Crippen molar-refractivity contribution in [1.82, 2.24) is 29.7 Å². The molecule has 0 unspecified atom stereocenters. The molecule has 9 nitrogen and oxygen atoms in total. The first-order chi connectivity index (χ1) is 18.0. The Morgan fingerprint density at radius 3 is 2.68 bits per heavy atom. The number of rotatable bonds is 6. The third kappa shape index (κ3) is 4.31. The molecule has 184 valence electrons. The maximum Gasteiger partial charge on any atom is 0.323 e. The van der Waals surface area contributed by atoms with E-state index in [2.05, 4.69) is 36.5 Å². The van der Waals surface area contributed by atoms with E-state index in [4.69, 9.17) is 0 Å². The summed E-state index contributed by atoms with van der Waals surface area (Å²) in [5.74, 6) is 0.509. The Morgan fingerprint density at radius 1 is 0.973 bits per heavy atom. The minimum Gasteiger partial charge on any atom is -0.360 e. The van der Waals surface area contributed by atoms with Crippen LogP contribution < -0.4 is 11.0 Å². The predicted octanol–water partition coefficient (Wildman–Crippen LogP) is 5.01. The zero-order valence-electron chi connectivity index (χ0n) is 20.1. The monoisotopic (exact) mass is 509 g/mol. The average molecular weight is 510 g/mol. The summed E-state index contributed by atoms with van der Waals surface area (Å²) >= 11 is 1.33. The zero-order chi connectivity index (χ0) is 25.5. The first-order valence-electron chi connectivity index (χ1n) is 11.7. The summed E-state index contributed by atoms with van der Waals surface area (Å²) in [5.41, 5.74) is 5.59. The van der Waals surface area contributed by atoms with E-state index in [1.54, 1.807) is 18.2 Å². The van der Waals surface area contributed by atoms with Gasteiger partial charge in [0.05, 0.1) is 16.3 Å². The van der Waals surface area contributed by atoms with E-state index < -0.39 is 5.25 Å². The Labute approximate surface area is 215 Å². The highest BCUT2D eigenvalue weighted by molar-refractivity contribution is 8.00. The minimum absolute atomic E-state index is 0.185. The highest BCUT2D eigenvalue weighted by Gasteiger charge is 2.23. The predicted molar refractivity (Wildman–Crippen MR) is 146 cm³/mol. The van der Waals surface area contributed by atoms with Crippen LogP contribution in [0.1, 0.15) is 12.5 Å². The molecule has 0 aliphatic carbocycles. The summed E-state index contributed by atoms with van der Waals surface area (Å²) in [6.45, 7) is 3.87. The minimum atomic E-state index is -0.468. The van der Waals surface area contributed by atoms with E-state index in [0.29, 0.717) is 27.7 Å². The summed E-state index contributed by atoms with van der Waals surface area (Å²) in [6, 6.07) is 21.4. The van der Waals surface area contributed by atoms with Crippen molar-refractivity contribution >= 4 is 45.3 Å². The topological polar surface area (TPSA) is 124 Å². The van der Waals surface area contributed by atoms with Crippen molar-refractivity contribution in [3.8, 4) is 17.1 Å². The summed E-state index contributed by atoms with van der Waals surface area (Å²) in [7, 11) is 0. The molecule has 1 amide bonds. The molecule has 0 aliphatic heterocycles. The number of carbonyl (C=O) groups is 1. The number of benzene rings is 3. The molecule has 37 heavy (non-hydrogen) atoms. The van der Waals surface area contributed by atoms with Gasteiger partial charge >= 0.3 is 5.69 Å². The molecule has 10 heteroatoms. The molecule has 6 aromatic rings. The normalized spacial score (nSPS) is 12.3. The summed E-state index contributed by atoms with van der Waals surface area (Å²) in [5, 5.41) is 13.2. The lowest BCUT2D eigenvalue weighted by molar-refractivity contribution is -0.115. The number of H-pyrrole nitrogens is 3. The van der Waals surface area contributed by atoms with Crippen LogP contribution in [0.5, 0.6) is 0 Å². The third-order valence-electron chi connectivity index (χ3n) is 6.16. The molecule has 0 spiro atoms. The maximum atomic E-state index is 13.1. The van der Waals surface area contributed by atoms with Crippen LogP contribution in [-0.2, 0) is 4.79 Å². The molecular formula is C27H23N7O2S. The fourth-order valence-electron chi connectivity index (χ4n) is 4.34. The smallest absolute Gasteiger partial charge is 0.323 e. The molecule has 0 bridgehead atoms. The number of anilines is 1. The third-order valence-corrected chi connectivity index (χ3v) is 7.20. The Morgan fingerprint density at radius 2 is 1.81 bits per heavy atom. The van der Waals surface area contributed by atoms with Gasteiger partial charge in [-0.3, -0.25) is 9.36 Å². The number of imidazole rings is 1. The van der Waals surface area contributed by atoms with Crippen molar-refractivity contribution < 1.29 is 4.79 Å². The van der Waals surface area contributed by atoms with Gasteiger partial charge in [-0.1, -0.05) is 42.1 Å². The van der Waals surface area contributed by atoms with Gasteiger partial charge in [-0.15, -0.1) is 10.2 Å². The van der Waals surface area contributed by atoms with Crippen LogP contribution in [0.15, 0.2) is 82.9 Å². The first kappa shape index (κ1) is 22.9. The number of aromatic nitrogens is 6. The van der Waals surface area contributed by atoms with Gasteiger partial charge in [0, 0.05) is 34.0 Å². The Hall–Kier alpha value is -4.57. The number of carbonyl (C=O) groups excluding carboxylic acids is 1. The van der Waals surface area contributed by atoms with Crippen LogP contribution in [0, 0.1) is 6.92 Å². The van der Waals surface area contributed by atoms with Gasteiger partial charge in [-0.25, -0.2) is 4.79 Å². The lowest BCUT2D eigenvalue weighted by Crippen LogP contribution is -2.22. The second-order valence-corrected chi connectivity index (χ2v) is 10.1. The molecule has 3 heterocycles. The second-order valence-electron chi connectivity index (χ2n) is 8.82. The van der Waals surface area contributed by atoms with Crippen molar-refractivity contribution in [2.24, 2.45) is 0 Å². The molecule has 1 atom stereocenters. The van der Waals surface area contributed by atoms with E-state index in [1.807, 2.05) is 67.1 Å². The van der Waals surface area contributed by atoms with Crippen LogP contribution in [0.4, 0.5) is 5.69 Å². The quantitative estimate of drug-likeness (QED) is 0.235. The van der Waals surface area contributed by atoms with E-state index in [-0.39, 0.29) is 11.6 Å². The van der Waals surface area contributed by atoms with Crippen LogP contribution in [0.25, 0.3) is 39.0 Å². The number of nitrogens with zero attached hydrogens (tertiary/aromatic N) is 3. The van der Waals surface area contributed by atoms with Gasteiger partial charge in [0.1, 0.15) is 0 Å². The number of hydrogen-bond donors (Lipinski definition) is 4. The Kier molecular flexibility index (Phi) is 5.65. The van der Waals surface area contributed by atoms with Crippen LogP contribution in [0.2, 0.25) is 0 Å². The van der Waals surface area contributed by atoms with Gasteiger partial charge in [-0.2, -0.15) is 0 Å². The number of amides is 1. The maximum absolute atomic E-state index is 13.1. The van der Waals surface area contributed by atoms with E-state index in [0.717, 1.165) is 27.7 Å². The molecular weight excluding hydrogens is 486 g/mol. The molecule has 3 aromatic heterocycles. The number of nitrogens with one attached hydrogen (secondary N) is 4.